The molecule has 0 bridgehead atoms. The fraction of sp³-hybridized carbons (Fsp3) is 0.154. The van der Waals surface area contributed by atoms with Crippen LogP contribution in [0, 0.1) is 3.57 Å². The molecule has 1 aromatic rings. The minimum absolute atomic E-state index is 0.128. The highest BCUT2D eigenvalue weighted by molar-refractivity contribution is 14.1. The van der Waals surface area contributed by atoms with Crippen molar-refractivity contribution in [2.24, 2.45) is 0 Å². The molecule has 2 amide bonds. The summed E-state index contributed by atoms with van der Waals surface area (Å²) in [6, 6.07) is 7.55. The van der Waals surface area contributed by atoms with Gasteiger partial charge in [-0.2, -0.15) is 0 Å². The smallest absolute Gasteiger partial charge is 0.265 e. The summed E-state index contributed by atoms with van der Waals surface area (Å²) in [5, 5.41) is 0.218. The van der Waals surface area contributed by atoms with Crippen LogP contribution in [0.3, 0.4) is 0 Å². The van der Waals surface area contributed by atoms with E-state index in [4.69, 9.17) is 12.2 Å². The Balaban J connectivity index is 2.49. The molecule has 0 saturated carbocycles. The van der Waals surface area contributed by atoms with Crippen molar-refractivity contribution in [2.75, 3.05) is 14.1 Å². The van der Waals surface area contributed by atoms with Crippen molar-refractivity contribution in [2.45, 2.75) is 0 Å². The number of amides is 2. The highest BCUT2D eigenvalue weighted by Gasteiger charge is 2.35. The standard InChI is InChI=1S/C13H11IN2O2S/c1-15-11(17)9(12(18)16(2)13(15)19)7-8-5-3-4-6-10(8)14/h3-7H,1-2H3. The molecule has 0 aliphatic carbocycles. The summed E-state index contributed by atoms with van der Waals surface area (Å²) in [7, 11) is 3.13. The van der Waals surface area contributed by atoms with Gasteiger partial charge in [0.15, 0.2) is 5.11 Å². The Labute approximate surface area is 130 Å². The zero-order chi connectivity index (χ0) is 14.2. The molecule has 6 heteroatoms. The van der Waals surface area contributed by atoms with Crippen LogP contribution in [-0.2, 0) is 9.59 Å². The van der Waals surface area contributed by atoms with Gasteiger partial charge < -0.3 is 0 Å². The molecule has 0 atom stereocenters. The average Bonchev–Trinajstić information content (AvgIpc) is 2.41. The first-order chi connectivity index (χ1) is 8.93. The van der Waals surface area contributed by atoms with Gasteiger partial charge in [-0.15, -0.1) is 0 Å². The molecule has 0 N–H and O–H groups in total. The van der Waals surface area contributed by atoms with Gasteiger partial charge in [0.05, 0.1) is 0 Å². The number of carbonyl (C=O) groups is 2. The quantitative estimate of drug-likeness (QED) is 0.320. The van der Waals surface area contributed by atoms with Gasteiger partial charge in [0.2, 0.25) is 0 Å². The Morgan fingerprint density at radius 3 is 2.16 bits per heavy atom. The third kappa shape index (κ3) is 2.55. The van der Waals surface area contributed by atoms with E-state index in [2.05, 4.69) is 22.6 Å². The first-order valence-electron chi connectivity index (χ1n) is 5.49. The summed E-state index contributed by atoms with van der Waals surface area (Å²) in [4.78, 5) is 26.9. The lowest BCUT2D eigenvalue weighted by Gasteiger charge is -2.31. The zero-order valence-corrected chi connectivity index (χ0v) is 13.4. The van der Waals surface area contributed by atoms with Crippen molar-refractivity contribution in [1.29, 1.82) is 0 Å². The monoisotopic (exact) mass is 386 g/mol. The third-order valence-electron chi connectivity index (χ3n) is 2.85. The van der Waals surface area contributed by atoms with Crippen LogP contribution in [-0.4, -0.2) is 40.8 Å². The molecule has 1 aromatic carbocycles. The van der Waals surface area contributed by atoms with Crippen molar-refractivity contribution in [3.05, 3.63) is 39.0 Å². The molecule has 19 heavy (non-hydrogen) atoms. The maximum Gasteiger partial charge on any atom is 0.265 e. The number of hydrogen-bond donors (Lipinski definition) is 0. The van der Waals surface area contributed by atoms with Crippen LogP contribution in [0.1, 0.15) is 5.56 Å². The number of thiocarbonyl (C=S) groups is 1. The van der Waals surface area contributed by atoms with Crippen LogP contribution in [0.15, 0.2) is 29.8 Å². The van der Waals surface area contributed by atoms with Gasteiger partial charge in [-0.05, 0) is 52.5 Å². The lowest BCUT2D eigenvalue weighted by Crippen LogP contribution is -2.52. The summed E-state index contributed by atoms with van der Waals surface area (Å²) in [6.45, 7) is 0. The zero-order valence-electron chi connectivity index (χ0n) is 10.4. The summed E-state index contributed by atoms with van der Waals surface area (Å²) < 4.78 is 0.978. The van der Waals surface area contributed by atoms with Gasteiger partial charge in [-0.3, -0.25) is 19.4 Å². The van der Waals surface area contributed by atoms with Crippen LogP contribution < -0.4 is 0 Å². The molecule has 0 spiro atoms. The fourth-order valence-electron chi connectivity index (χ4n) is 1.72. The maximum atomic E-state index is 12.1. The molecule has 4 nitrogen and oxygen atoms in total. The number of likely N-dealkylation sites (N-methyl/N-ethyl adjacent to an activating group) is 2. The Kier molecular flexibility index (Phi) is 4.00. The highest BCUT2D eigenvalue weighted by atomic mass is 127. The molecule has 98 valence electrons. The average molecular weight is 386 g/mol. The normalized spacial score (nSPS) is 16.2. The van der Waals surface area contributed by atoms with Crippen molar-refractivity contribution in [3.8, 4) is 0 Å². The summed E-state index contributed by atoms with van der Waals surface area (Å²) in [5.74, 6) is -0.736. The predicted molar refractivity (Wildman–Crippen MR) is 85.3 cm³/mol. The van der Waals surface area contributed by atoms with Gasteiger partial charge in [-0.25, -0.2) is 0 Å². The highest BCUT2D eigenvalue weighted by Crippen LogP contribution is 2.20. The topological polar surface area (TPSA) is 40.6 Å². The lowest BCUT2D eigenvalue weighted by atomic mass is 10.1. The van der Waals surface area contributed by atoms with E-state index in [0.717, 1.165) is 9.13 Å². The Bertz CT molecular complexity index is 586. The molecule has 0 unspecified atom stereocenters. The number of carbonyl (C=O) groups excluding carboxylic acids is 2. The number of rotatable bonds is 1. The molecule has 0 radical (unpaired) electrons. The van der Waals surface area contributed by atoms with E-state index in [9.17, 15) is 9.59 Å². The number of halogens is 1. The first-order valence-corrected chi connectivity index (χ1v) is 6.98. The summed E-state index contributed by atoms with van der Waals surface area (Å²) >= 11 is 7.20. The minimum atomic E-state index is -0.368. The SMILES string of the molecule is CN1C(=O)C(=Cc2ccccc2I)C(=O)N(C)C1=S. The molecule has 0 aromatic heterocycles. The van der Waals surface area contributed by atoms with Crippen LogP contribution >= 0.6 is 34.8 Å². The second kappa shape index (κ2) is 5.38. The molecule has 1 aliphatic rings. The molecular formula is C13H11IN2O2S. The first kappa shape index (κ1) is 14.1. The van der Waals surface area contributed by atoms with Gasteiger partial charge in [0.1, 0.15) is 5.57 Å². The van der Waals surface area contributed by atoms with E-state index in [1.54, 1.807) is 20.2 Å². The van der Waals surface area contributed by atoms with Crippen molar-refractivity contribution in [1.82, 2.24) is 9.80 Å². The summed E-state index contributed by atoms with van der Waals surface area (Å²) in [6.07, 6.45) is 1.61. The van der Waals surface area contributed by atoms with Gasteiger partial charge in [0, 0.05) is 17.7 Å². The van der Waals surface area contributed by atoms with Crippen molar-refractivity contribution >= 4 is 57.8 Å². The molecular weight excluding hydrogens is 375 g/mol. The molecule has 1 fully saturated rings. The van der Waals surface area contributed by atoms with E-state index in [1.807, 2.05) is 24.3 Å². The van der Waals surface area contributed by atoms with Crippen LogP contribution in [0.5, 0.6) is 0 Å². The van der Waals surface area contributed by atoms with Gasteiger partial charge in [-0.1, -0.05) is 18.2 Å². The Morgan fingerprint density at radius 1 is 1.11 bits per heavy atom. The number of nitrogens with zero attached hydrogens (tertiary/aromatic N) is 2. The van der Waals surface area contributed by atoms with E-state index >= 15 is 0 Å². The van der Waals surface area contributed by atoms with E-state index in [1.165, 1.54) is 9.80 Å². The van der Waals surface area contributed by atoms with Crippen LogP contribution in [0.4, 0.5) is 0 Å². The maximum absolute atomic E-state index is 12.1. The van der Waals surface area contributed by atoms with Crippen molar-refractivity contribution < 1.29 is 9.59 Å². The van der Waals surface area contributed by atoms with Gasteiger partial charge in [0.25, 0.3) is 11.8 Å². The third-order valence-corrected chi connectivity index (χ3v) is 4.38. The molecule has 1 aliphatic heterocycles. The predicted octanol–water partition coefficient (Wildman–Crippen LogP) is 1.89. The van der Waals surface area contributed by atoms with Gasteiger partial charge >= 0.3 is 0 Å². The van der Waals surface area contributed by atoms with E-state index < -0.39 is 0 Å². The Hall–Kier alpha value is -1.28. The number of benzene rings is 1. The van der Waals surface area contributed by atoms with Crippen LogP contribution in [0.2, 0.25) is 0 Å². The van der Waals surface area contributed by atoms with Crippen molar-refractivity contribution in [3.63, 3.8) is 0 Å². The molecule has 1 heterocycles. The van der Waals surface area contributed by atoms with Crippen LogP contribution in [0.25, 0.3) is 6.08 Å². The molecule has 2 rings (SSSR count). The molecule has 1 saturated heterocycles. The number of hydrogen-bond acceptors (Lipinski definition) is 3. The fourth-order valence-corrected chi connectivity index (χ4v) is 2.43. The largest absolute Gasteiger partial charge is 0.288 e. The second-order valence-corrected chi connectivity index (χ2v) is 5.62. The lowest BCUT2D eigenvalue weighted by molar-refractivity contribution is -0.132. The van der Waals surface area contributed by atoms with E-state index in [-0.39, 0.29) is 22.5 Å². The van der Waals surface area contributed by atoms with E-state index in [0.29, 0.717) is 0 Å². The second-order valence-electron chi connectivity index (χ2n) is 4.09. The Morgan fingerprint density at radius 2 is 1.63 bits per heavy atom. The minimum Gasteiger partial charge on any atom is -0.288 e. The summed E-state index contributed by atoms with van der Waals surface area (Å²) in [5.41, 5.74) is 0.970.